The molecule has 58 valence electrons. The van der Waals surface area contributed by atoms with E-state index in [4.69, 9.17) is 0 Å². The van der Waals surface area contributed by atoms with Crippen molar-refractivity contribution in [3.8, 4) is 0 Å². The maximum atomic E-state index is 10.2. The van der Waals surface area contributed by atoms with Crippen molar-refractivity contribution in [2.75, 3.05) is 13.1 Å². The fraction of sp³-hybridized carbons (Fsp3) is 0.875. The Labute approximate surface area is 62.2 Å². The van der Waals surface area contributed by atoms with Crippen LogP contribution in [0.15, 0.2) is 0 Å². The summed E-state index contributed by atoms with van der Waals surface area (Å²) < 4.78 is 0. The maximum absolute atomic E-state index is 10.2. The minimum absolute atomic E-state index is 0.637. The molecule has 0 aromatic rings. The van der Waals surface area contributed by atoms with Gasteiger partial charge in [0.1, 0.15) is 6.29 Å². The Morgan fingerprint density at radius 1 is 1.70 bits per heavy atom. The number of rotatable bonds is 3. The van der Waals surface area contributed by atoms with Crippen molar-refractivity contribution in [1.29, 1.82) is 0 Å². The zero-order valence-corrected chi connectivity index (χ0v) is 6.55. The standard InChI is InChI=1S/C8H15NO/c1-2-8-4-3-5-9(8)6-7-10/h7-8H,2-6H2,1H3. The Morgan fingerprint density at radius 2 is 2.50 bits per heavy atom. The molecule has 1 heterocycles. The van der Waals surface area contributed by atoms with Gasteiger partial charge in [0.15, 0.2) is 0 Å². The van der Waals surface area contributed by atoms with Crippen LogP contribution in [0.25, 0.3) is 0 Å². The van der Waals surface area contributed by atoms with Crippen LogP contribution in [-0.2, 0) is 4.79 Å². The molecule has 0 aromatic carbocycles. The van der Waals surface area contributed by atoms with Gasteiger partial charge >= 0.3 is 0 Å². The summed E-state index contributed by atoms with van der Waals surface area (Å²) in [4.78, 5) is 12.5. The Bertz CT molecular complexity index is 114. The van der Waals surface area contributed by atoms with Gasteiger partial charge in [-0.25, -0.2) is 0 Å². The number of nitrogens with zero attached hydrogens (tertiary/aromatic N) is 1. The summed E-state index contributed by atoms with van der Waals surface area (Å²) in [6.07, 6.45) is 4.75. The number of likely N-dealkylation sites (tertiary alicyclic amines) is 1. The molecule has 10 heavy (non-hydrogen) atoms. The lowest BCUT2D eigenvalue weighted by molar-refractivity contribution is -0.109. The van der Waals surface area contributed by atoms with Crippen LogP contribution in [0.2, 0.25) is 0 Å². The summed E-state index contributed by atoms with van der Waals surface area (Å²) in [6, 6.07) is 0.685. The van der Waals surface area contributed by atoms with Crippen molar-refractivity contribution in [2.45, 2.75) is 32.2 Å². The third-order valence-corrected chi connectivity index (χ3v) is 2.28. The van der Waals surface area contributed by atoms with Gasteiger partial charge in [-0.15, -0.1) is 0 Å². The maximum Gasteiger partial charge on any atom is 0.133 e. The first-order valence-corrected chi connectivity index (χ1v) is 4.06. The Balaban J connectivity index is 2.34. The van der Waals surface area contributed by atoms with Crippen LogP contribution >= 0.6 is 0 Å². The quantitative estimate of drug-likeness (QED) is 0.548. The van der Waals surface area contributed by atoms with Crippen molar-refractivity contribution < 1.29 is 4.79 Å². The average molecular weight is 141 g/mol. The lowest BCUT2D eigenvalue weighted by Crippen LogP contribution is -2.30. The molecular weight excluding hydrogens is 126 g/mol. The summed E-state index contributed by atoms with van der Waals surface area (Å²) in [5.41, 5.74) is 0. The molecule has 0 aliphatic carbocycles. The van der Waals surface area contributed by atoms with Gasteiger partial charge in [0.05, 0.1) is 6.54 Å². The van der Waals surface area contributed by atoms with E-state index in [0.717, 1.165) is 12.8 Å². The summed E-state index contributed by atoms with van der Waals surface area (Å²) in [7, 11) is 0. The molecule has 0 amide bonds. The van der Waals surface area contributed by atoms with E-state index in [1.165, 1.54) is 19.3 Å². The zero-order valence-electron chi connectivity index (χ0n) is 6.55. The van der Waals surface area contributed by atoms with Gasteiger partial charge in [-0.1, -0.05) is 6.92 Å². The van der Waals surface area contributed by atoms with Gasteiger partial charge in [-0.2, -0.15) is 0 Å². The van der Waals surface area contributed by atoms with Crippen molar-refractivity contribution >= 4 is 6.29 Å². The first-order chi connectivity index (χ1) is 4.88. The highest BCUT2D eigenvalue weighted by Gasteiger charge is 2.21. The van der Waals surface area contributed by atoms with Crippen molar-refractivity contribution in [3.05, 3.63) is 0 Å². The predicted octanol–water partition coefficient (Wildman–Crippen LogP) is 1.06. The zero-order chi connectivity index (χ0) is 7.40. The molecule has 0 radical (unpaired) electrons. The predicted molar refractivity (Wildman–Crippen MR) is 41.0 cm³/mol. The summed E-state index contributed by atoms with van der Waals surface area (Å²) in [5.74, 6) is 0. The first kappa shape index (κ1) is 7.73. The molecule has 2 heteroatoms. The highest BCUT2D eigenvalue weighted by atomic mass is 16.1. The molecule has 0 N–H and O–H groups in total. The van der Waals surface area contributed by atoms with E-state index in [2.05, 4.69) is 11.8 Å². The molecular formula is C8H15NO. The summed E-state index contributed by atoms with van der Waals surface area (Å²) in [6.45, 7) is 3.95. The Kier molecular flexibility index (Phi) is 2.87. The minimum atomic E-state index is 0.637. The number of carbonyl (C=O) groups excluding carboxylic acids is 1. The van der Waals surface area contributed by atoms with Gasteiger partial charge < -0.3 is 4.79 Å². The first-order valence-electron chi connectivity index (χ1n) is 4.06. The van der Waals surface area contributed by atoms with Crippen LogP contribution < -0.4 is 0 Å². The van der Waals surface area contributed by atoms with Crippen LogP contribution in [0.4, 0.5) is 0 Å². The fourth-order valence-electron chi connectivity index (χ4n) is 1.69. The fourth-order valence-corrected chi connectivity index (χ4v) is 1.69. The molecule has 1 aliphatic rings. The number of aldehydes is 1. The van der Waals surface area contributed by atoms with Gasteiger partial charge in [0, 0.05) is 6.04 Å². The number of carbonyl (C=O) groups is 1. The van der Waals surface area contributed by atoms with Crippen LogP contribution in [0.1, 0.15) is 26.2 Å². The molecule has 1 atom stereocenters. The smallest absolute Gasteiger partial charge is 0.133 e. The summed E-state index contributed by atoms with van der Waals surface area (Å²) in [5, 5.41) is 0. The van der Waals surface area contributed by atoms with Gasteiger partial charge in [-0.05, 0) is 25.8 Å². The van der Waals surface area contributed by atoms with Gasteiger partial charge in [-0.3, -0.25) is 4.90 Å². The van der Waals surface area contributed by atoms with E-state index < -0.39 is 0 Å². The number of hydrogen-bond donors (Lipinski definition) is 0. The SMILES string of the molecule is CCC1CCCN1CC=O. The largest absolute Gasteiger partial charge is 0.302 e. The van der Waals surface area contributed by atoms with Crippen LogP contribution in [-0.4, -0.2) is 30.3 Å². The van der Waals surface area contributed by atoms with E-state index in [1.807, 2.05) is 0 Å². The number of hydrogen-bond acceptors (Lipinski definition) is 2. The lowest BCUT2D eigenvalue weighted by Gasteiger charge is -2.19. The van der Waals surface area contributed by atoms with E-state index in [9.17, 15) is 4.79 Å². The molecule has 0 bridgehead atoms. The highest BCUT2D eigenvalue weighted by Crippen LogP contribution is 2.18. The molecule has 1 unspecified atom stereocenters. The minimum Gasteiger partial charge on any atom is -0.302 e. The molecule has 2 nitrogen and oxygen atoms in total. The normalized spacial score (nSPS) is 27.1. The van der Waals surface area contributed by atoms with E-state index in [-0.39, 0.29) is 0 Å². The molecule has 0 saturated carbocycles. The second kappa shape index (κ2) is 3.71. The molecule has 1 aliphatic heterocycles. The Morgan fingerprint density at radius 3 is 3.10 bits per heavy atom. The van der Waals surface area contributed by atoms with E-state index in [1.54, 1.807) is 0 Å². The van der Waals surface area contributed by atoms with E-state index >= 15 is 0 Å². The average Bonchev–Trinajstić information content (AvgIpc) is 2.36. The van der Waals surface area contributed by atoms with Crippen LogP contribution in [0.5, 0.6) is 0 Å². The lowest BCUT2D eigenvalue weighted by atomic mass is 10.2. The topological polar surface area (TPSA) is 20.3 Å². The van der Waals surface area contributed by atoms with Crippen molar-refractivity contribution in [2.24, 2.45) is 0 Å². The highest BCUT2D eigenvalue weighted by molar-refractivity contribution is 5.52. The van der Waals surface area contributed by atoms with Gasteiger partial charge in [0.25, 0.3) is 0 Å². The van der Waals surface area contributed by atoms with Crippen molar-refractivity contribution in [1.82, 2.24) is 4.90 Å². The third kappa shape index (κ3) is 1.57. The second-order valence-electron chi connectivity index (χ2n) is 2.87. The molecule has 1 fully saturated rings. The molecule has 0 spiro atoms. The third-order valence-electron chi connectivity index (χ3n) is 2.28. The van der Waals surface area contributed by atoms with Crippen molar-refractivity contribution in [3.63, 3.8) is 0 Å². The van der Waals surface area contributed by atoms with Gasteiger partial charge in [0.2, 0.25) is 0 Å². The monoisotopic (exact) mass is 141 g/mol. The van der Waals surface area contributed by atoms with Crippen LogP contribution in [0, 0.1) is 0 Å². The molecule has 1 saturated heterocycles. The van der Waals surface area contributed by atoms with Crippen LogP contribution in [0.3, 0.4) is 0 Å². The summed E-state index contributed by atoms with van der Waals surface area (Å²) >= 11 is 0. The molecule has 1 rings (SSSR count). The Hall–Kier alpha value is -0.370. The second-order valence-corrected chi connectivity index (χ2v) is 2.87. The molecule has 0 aromatic heterocycles. The van der Waals surface area contributed by atoms with E-state index in [0.29, 0.717) is 12.6 Å².